The van der Waals surface area contributed by atoms with Crippen LogP contribution < -0.4 is 15.4 Å². The third kappa shape index (κ3) is 5.61. The van der Waals surface area contributed by atoms with Gasteiger partial charge in [-0.2, -0.15) is 0 Å². The Morgan fingerprint density at radius 1 is 1.08 bits per heavy atom. The summed E-state index contributed by atoms with van der Waals surface area (Å²) in [5.41, 5.74) is 1.55. The molecule has 9 heteroatoms. The first-order valence-electron chi connectivity index (χ1n) is 13.5. The Bertz CT molecular complexity index is 1140. The van der Waals surface area contributed by atoms with E-state index in [4.69, 9.17) is 4.74 Å². The van der Waals surface area contributed by atoms with Crippen molar-refractivity contribution in [2.45, 2.75) is 64.1 Å². The van der Waals surface area contributed by atoms with Crippen molar-refractivity contribution in [3.05, 3.63) is 30.0 Å². The third-order valence-electron chi connectivity index (χ3n) is 8.18. The summed E-state index contributed by atoms with van der Waals surface area (Å²) in [4.78, 5) is 43.7. The normalized spacial score (nSPS) is 20.5. The molecule has 1 saturated heterocycles. The predicted molar refractivity (Wildman–Crippen MR) is 144 cm³/mol. The lowest BCUT2D eigenvalue weighted by Crippen LogP contribution is -2.62. The number of methoxy groups -OCH3 is 1. The van der Waals surface area contributed by atoms with Crippen LogP contribution in [-0.4, -0.2) is 84.0 Å². The van der Waals surface area contributed by atoms with Crippen LogP contribution in [-0.2, 0) is 16.6 Å². The van der Waals surface area contributed by atoms with Gasteiger partial charge < -0.3 is 29.7 Å². The maximum atomic E-state index is 13.8. The molecule has 1 aliphatic heterocycles. The average Bonchev–Trinajstić information content (AvgIpc) is 3.26. The molecular weight excluding hydrogens is 470 g/mol. The van der Waals surface area contributed by atoms with Gasteiger partial charge in [-0.3, -0.25) is 14.4 Å². The van der Waals surface area contributed by atoms with Gasteiger partial charge in [0.1, 0.15) is 17.5 Å². The lowest BCUT2D eigenvalue weighted by atomic mass is 9.83. The van der Waals surface area contributed by atoms with Crippen LogP contribution in [0.3, 0.4) is 0 Å². The number of carbonyl (C=O) groups is 3. The first-order valence-corrected chi connectivity index (χ1v) is 13.5. The molecule has 4 rings (SSSR count). The molecule has 2 aromatic rings. The van der Waals surface area contributed by atoms with E-state index in [1.807, 2.05) is 52.6 Å². The Hall–Kier alpha value is -3.07. The van der Waals surface area contributed by atoms with Crippen LogP contribution >= 0.6 is 0 Å². The third-order valence-corrected chi connectivity index (χ3v) is 8.18. The molecule has 1 saturated carbocycles. The Balaban J connectivity index is 1.48. The van der Waals surface area contributed by atoms with Gasteiger partial charge in [0.05, 0.1) is 18.7 Å². The number of piperazine rings is 1. The van der Waals surface area contributed by atoms with Crippen molar-refractivity contribution >= 4 is 28.6 Å². The molecule has 0 bridgehead atoms. The number of hydrogen-bond donors (Lipinski definition) is 2. The van der Waals surface area contributed by atoms with E-state index in [1.54, 1.807) is 21.1 Å². The quantitative estimate of drug-likeness (QED) is 0.596. The van der Waals surface area contributed by atoms with E-state index in [9.17, 15) is 14.4 Å². The van der Waals surface area contributed by atoms with Gasteiger partial charge in [-0.05, 0) is 57.9 Å². The highest BCUT2D eigenvalue weighted by Gasteiger charge is 2.38. The molecule has 0 radical (unpaired) electrons. The summed E-state index contributed by atoms with van der Waals surface area (Å²) in [5.74, 6) is 0.669. The first-order chi connectivity index (χ1) is 17.7. The van der Waals surface area contributed by atoms with Crippen molar-refractivity contribution in [1.82, 2.24) is 25.0 Å². The molecule has 2 N–H and O–H groups in total. The molecule has 0 unspecified atom stereocenters. The van der Waals surface area contributed by atoms with Crippen LogP contribution in [0.4, 0.5) is 0 Å². The van der Waals surface area contributed by atoms with E-state index in [1.165, 1.54) is 6.42 Å². The second kappa shape index (κ2) is 11.5. The number of hydrogen-bond acceptors (Lipinski definition) is 5. The predicted octanol–water partition coefficient (Wildman–Crippen LogP) is 2.53. The largest absolute Gasteiger partial charge is 0.497 e. The summed E-state index contributed by atoms with van der Waals surface area (Å²) in [6.07, 6.45) is 5.24. The molecule has 1 aromatic carbocycles. The van der Waals surface area contributed by atoms with E-state index < -0.39 is 6.04 Å². The molecule has 1 aliphatic carbocycles. The molecule has 2 aliphatic rings. The lowest BCUT2D eigenvalue weighted by Gasteiger charge is -2.43. The zero-order valence-electron chi connectivity index (χ0n) is 22.8. The zero-order chi connectivity index (χ0) is 26.7. The number of nitrogens with one attached hydrogen (secondary N) is 2. The standard InChI is InChI=1S/C28H41N5O4/c1-18-17-32(27(35)24-15-21-11-12-22(37-5)16-23(21)31(24)4)13-14-33(18)28(36)25(20-9-7-6-8-10-20)30-26(34)19(2)29-3/h11-12,15-16,18-20,25,29H,6-10,13-14,17H2,1-5H3,(H,30,34)/t18-,19+,25+/m1/s1. The van der Waals surface area contributed by atoms with Gasteiger partial charge in [0.25, 0.3) is 5.91 Å². The number of amides is 3. The fourth-order valence-corrected chi connectivity index (χ4v) is 5.71. The molecule has 3 amide bonds. The van der Waals surface area contributed by atoms with E-state index in [2.05, 4.69) is 10.6 Å². The van der Waals surface area contributed by atoms with Gasteiger partial charge in [0.2, 0.25) is 11.8 Å². The zero-order valence-corrected chi connectivity index (χ0v) is 22.8. The summed E-state index contributed by atoms with van der Waals surface area (Å²) >= 11 is 0. The number of likely N-dealkylation sites (N-methyl/N-ethyl adjacent to an activating group) is 1. The van der Waals surface area contributed by atoms with Crippen LogP contribution in [0.25, 0.3) is 10.9 Å². The monoisotopic (exact) mass is 511 g/mol. The van der Waals surface area contributed by atoms with Crippen LogP contribution in [0.15, 0.2) is 24.3 Å². The molecule has 37 heavy (non-hydrogen) atoms. The van der Waals surface area contributed by atoms with Gasteiger partial charge in [-0.25, -0.2) is 0 Å². The maximum absolute atomic E-state index is 13.8. The minimum atomic E-state index is -0.526. The molecular formula is C28H41N5O4. The molecule has 2 heterocycles. The first kappa shape index (κ1) is 27.0. The van der Waals surface area contributed by atoms with Crippen molar-refractivity contribution in [3.8, 4) is 5.75 Å². The highest BCUT2D eigenvalue weighted by molar-refractivity contribution is 5.99. The number of aryl methyl sites for hydroxylation is 1. The van der Waals surface area contributed by atoms with E-state index >= 15 is 0 Å². The number of carbonyl (C=O) groups excluding carboxylic acids is 3. The fourth-order valence-electron chi connectivity index (χ4n) is 5.71. The van der Waals surface area contributed by atoms with Gasteiger partial charge in [0, 0.05) is 44.2 Å². The number of fused-ring (bicyclic) bond motifs is 1. The minimum absolute atomic E-state index is 0.0279. The summed E-state index contributed by atoms with van der Waals surface area (Å²) in [6.45, 7) is 5.14. The maximum Gasteiger partial charge on any atom is 0.270 e. The SMILES string of the molecule is CN[C@@H](C)C(=O)N[C@H](C(=O)N1CCN(C(=O)c2cc3ccc(OC)cc3n2C)C[C@H]1C)C1CCCCC1. The lowest BCUT2D eigenvalue weighted by molar-refractivity contribution is -0.142. The van der Waals surface area contributed by atoms with Crippen molar-refractivity contribution in [1.29, 1.82) is 0 Å². The topological polar surface area (TPSA) is 95.9 Å². The van der Waals surface area contributed by atoms with Crippen molar-refractivity contribution < 1.29 is 19.1 Å². The second-order valence-electron chi connectivity index (χ2n) is 10.5. The fraction of sp³-hybridized carbons (Fsp3) is 0.607. The number of ether oxygens (including phenoxy) is 1. The minimum Gasteiger partial charge on any atom is -0.497 e. The van der Waals surface area contributed by atoms with E-state index in [0.29, 0.717) is 25.3 Å². The van der Waals surface area contributed by atoms with Gasteiger partial charge >= 0.3 is 0 Å². The smallest absolute Gasteiger partial charge is 0.270 e. The van der Waals surface area contributed by atoms with Gasteiger partial charge in [-0.1, -0.05) is 19.3 Å². The number of aromatic nitrogens is 1. The molecule has 9 nitrogen and oxygen atoms in total. The van der Waals surface area contributed by atoms with Crippen LogP contribution in [0, 0.1) is 5.92 Å². The number of benzene rings is 1. The molecule has 0 spiro atoms. The highest BCUT2D eigenvalue weighted by Crippen LogP contribution is 2.29. The molecule has 2 fully saturated rings. The summed E-state index contributed by atoms with van der Waals surface area (Å²) in [7, 11) is 5.26. The Labute approximate surface area is 219 Å². The van der Waals surface area contributed by atoms with Crippen molar-refractivity contribution in [2.24, 2.45) is 13.0 Å². The Morgan fingerprint density at radius 3 is 2.46 bits per heavy atom. The summed E-state index contributed by atoms with van der Waals surface area (Å²) in [5, 5.41) is 7.01. The molecule has 202 valence electrons. The van der Waals surface area contributed by atoms with Crippen molar-refractivity contribution in [2.75, 3.05) is 33.8 Å². The second-order valence-corrected chi connectivity index (χ2v) is 10.5. The summed E-state index contributed by atoms with van der Waals surface area (Å²) < 4.78 is 7.24. The van der Waals surface area contributed by atoms with Crippen LogP contribution in [0.2, 0.25) is 0 Å². The molecule has 1 aromatic heterocycles. The number of nitrogens with zero attached hydrogens (tertiary/aromatic N) is 3. The van der Waals surface area contributed by atoms with E-state index in [0.717, 1.165) is 42.3 Å². The van der Waals surface area contributed by atoms with Crippen molar-refractivity contribution in [3.63, 3.8) is 0 Å². The van der Waals surface area contributed by atoms with Crippen LogP contribution in [0.1, 0.15) is 56.4 Å². The van der Waals surface area contributed by atoms with Gasteiger partial charge in [0.15, 0.2) is 0 Å². The Morgan fingerprint density at radius 2 is 1.81 bits per heavy atom. The van der Waals surface area contributed by atoms with Crippen LogP contribution in [0.5, 0.6) is 5.75 Å². The average molecular weight is 512 g/mol. The number of rotatable bonds is 7. The summed E-state index contributed by atoms with van der Waals surface area (Å²) in [6, 6.07) is 6.65. The highest BCUT2D eigenvalue weighted by atomic mass is 16.5. The van der Waals surface area contributed by atoms with E-state index in [-0.39, 0.29) is 35.7 Å². The Kier molecular flexibility index (Phi) is 8.42. The van der Waals surface area contributed by atoms with Gasteiger partial charge in [-0.15, -0.1) is 0 Å². The molecule has 3 atom stereocenters.